The van der Waals surface area contributed by atoms with Crippen LogP contribution >= 0.6 is 23.2 Å². The molecule has 0 aliphatic carbocycles. The summed E-state index contributed by atoms with van der Waals surface area (Å²) in [6.07, 6.45) is 1.32. The van der Waals surface area contributed by atoms with Crippen molar-refractivity contribution >= 4 is 56.5 Å². The van der Waals surface area contributed by atoms with Crippen molar-refractivity contribution in [1.82, 2.24) is 0 Å². The van der Waals surface area contributed by atoms with Crippen molar-refractivity contribution in [3.63, 3.8) is 0 Å². The maximum absolute atomic E-state index is 12.8. The lowest BCUT2D eigenvalue weighted by Crippen LogP contribution is -2.14. The molecule has 3 rings (SSSR count). The quantitative estimate of drug-likeness (QED) is 0.247. The number of hydrazone groups is 1. The predicted molar refractivity (Wildman–Crippen MR) is 127 cm³/mol. The van der Waals surface area contributed by atoms with E-state index < -0.39 is 20.6 Å². The fraction of sp³-hybridized carbons (Fsp3) is 0.0952. The molecule has 0 aromatic heterocycles. The average Bonchev–Trinajstić information content (AvgIpc) is 2.72. The van der Waals surface area contributed by atoms with Crippen LogP contribution in [0.2, 0.25) is 10.0 Å². The van der Waals surface area contributed by atoms with Crippen molar-refractivity contribution in [2.75, 3.05) is 10.1 Å². The summed E-state index contributed by atoms with van der Waals surface area (Å²) in [4.78, 5) is 10.6. The summed E-state index contributed by atoms with van der Waals surface area (Å²) in [5.41, 5.74) is 4.61. The molecule has 32 heavy (non-hydrogen) atoms. The molecule has 0 aliphatic rings. The zero-order valence-electron chi connectivity index (χ0n) is 17.0. The summed E-state index contributed by atoms with van der Waals surface area (Å²) in [6, 6.07) is 13.6. The number of halogens is 2. The summed E-state index contributed by atoms with van der Waals surface area (Å²) in [7, 11) is -4.05. The number of nitrogens with one attached hydrogen (secondary N) is 2. The number of nitrogens with zero attached hydrogens (tertiary/aromatic N) is 2. The van der Waals surface area contributed by atoms with Crippen LogP contribution in [0, 0.1) is 24.0 Å². The first-order valence-electron chi connectivity index (χ1n) is 9.20. The van der Waals surface area contributed by atoms with Gasteiger partial charge >= 0.3 is 0 Å². The molecule has 0 heterocycles. The number of aryl methyl sites for hydroxylation is 2. The average molecular weight is 493 g/mol. The van der Waals surface area contributed by atoms with E-state index in [4.69, 9.17) is 23.2 Å². The number of rotatable bonds is 7. The van der Waals surface area contributed by atoms with Gasteiger partial charge in [-0.05, 0) is 49.7 Å². The molecule has 0 amide bonds. The van der Waals surface area contributed by atoms with Crippen molar-refractivity contribution in [1.29, 1.82) is 0 Å². The first-order chi connectivity index (χ1) is 15.1. The lowest BCUT2D eigenvalue weighted by Gasteiger charge is -2.12. The number of hydrogen-bond acceptors (Lipinski definition) is 6. The van der Waals surface area contributed by atoms with Crippen molar-refractivity contribution in [3.05, 3.63) is 91.4 Å². The number of nitro benzene ring substituents is 1. The van der Waals surface area contributed by atoms with Crippen LogP contribution in [0.3, 0.4) is 0 Å². The summed E-state index contributed by atoms with van der Waals surface area (Å²) in [6.45, 7) is 3.66. The van der Waals surface area contributed by atoms with E-state index in [9.17, 15) is 18.5 Å². The van der Waals surface area contributed by atoms with Crippen molar-refractivity contribution in [2.45, 2.75) is 18.7 Å². The highest BCUT2D eigenvalue weighted by molar-refractivity contribution is 7.92. The van der Waals surface area contributed by atoms with E-state index in [2.05, 4.69) is 15.2 Å². The fourth-order valence-electron chi connectivity index (χ4n) is 2.86. The zero-order valence-corrected chi connectivity index (χ0v) is 19.3. The molecule has 166 valence electrons. The van der Waals surface area contributed by atoms with Gasteiger partial charge in [-0.25, -0.2) is 8.42 Å². The van der Waals surface area contributed by atoms with Gasteiger partial charge in [-0.3, -0.25) is 20.3 Å². The van der Waals surface area contributed by atoms with Gasteiger partial charge in [0.2, 0.25) is 0 Å². The van der Waals surface area contributed by atoms with E-state index in [0.717, 1.165) is 17.2 Å². The minimum absolute atomic E-state index is 0.0000996. The number of benzene rings is 3. The molecule has 0 radical (unpaired) electrons. The maximum atomic E-state index is 12.8. The number of hydrogen-bond donors (Lipinski definition) is 2. The van der Waals surface area contributed by atoms with Gasteiger partial charge in [0.05, 0.1) is 31.8 Å². The standard InChI is InChI=1S/C21H18Cl2N4O4S/c1-13-6-8-19(14(2)10-13)26-32(30,31)15-7-9-20(21(11-15)27(28)29)25-24-12-16-17(22)4-3-5-18(16)23/h3-12,25-26H,1-2H3. The summed E-state index contributed by atoms with van der Waals surface area (Å²) < 4.78 is 28.0. The molecule has 0 spiro atoms. The van der Waals surface area contributed by atoms with Gasteiger partial charge in [0.1, 0.15) is 5.69 Å². The van der Waals surface area contributed by atoms with Crippen LogP contribution in [0.1, 0.15) is 16.7 Å². The first kappa shape index (κ1) is 23.5. The van der Waals surface area contributed by atoms with Crippen LogP contribution in [0.25, 0.3) is 0 Å². The summed E-state index contributed by atoms with van der Waals surface area (Å²) in [5, 5.41) is 16.2. The van der Waals surface area contributed by atoms with E-state index in [1.54, 1.807) is 37.3 Å². The van der Waals surface area contributed by atoms with Gasteiger partial charge in [-0.2, -0.15) is 5.10 Å². The molecule has 8 nitrogen and oxygen atoms in total. The second-order valence-electron chi connectivity index (χ2n) is 6.87. The highest BCUT2D eigenvalue weighted by atomic mass is 35.5. The van der Waals surface area contributed by atoms with E-state index in [1.807, 2.05) is 13.0 Å². The minimum atomic E-state index is -4.05. The molecular weight excluding hydrogens is 475 g/mol. The molecule has 3 aromatic carbocycles. The molecular formula is C21H18Cl2N4O4S. The third kappa shape index (κ3) is 5.37. The van der Waals surface area contributed by atoms with Crippen LogP contribution in [0.4, 0.5) is 17.1 Å². The lowest BCUT2D eigenvalue weighted by atomic mass is 10.1. The predicted octanol–water partition coefficient (Wildman–Crippen LogP) is 5.77. The molecule has 0 aliphatic heterocycles. The fourth-order valence-corrected chi connectivity index (χ4v) is 4.50. The van der Waals surface area contributed by atoms with Gasteiger partial charge in [-0.1, -0.05) is 47.0 Å². The van der Waals surface area contributed by atoms with Crippen LogP contribution in [0.15, 0.2) is 64.6 Å². The Balaban J connectivity index is 1.88. The topological polar surface area (TPSA) is 114 Å². The molecule has 0 saturated heterocycles. The van der Waals surface area contributed by atoms with E-state index in [0.29, 0.717) is 21.3 Å². The molecule has 0 atom stereocenters. The van der Waals surface area contributed by atoms with E-state index >= 15 is 0 Å². The Morgan fingerprint density at radius 3 is 2.28 bits per heavy atom. The molecule has 0 fully saturated rings. The summed E-state index contributed by atoms with van der Waals surface area (Å²) >= 11 is 12.1. The zero-order chi connectivity index (χ0) is 23.5. The van der Waals surface area contributed by atoms with E-state index in [1.165, 1.54) is 18.3 Å². The third-order valence-electron chi connectivity index (χ3n) is 4.48. The van der Waals surface area contributed by atoms with Crippen LogP contribution in [-0.4, -0.2) is 19.6 Å². The van der Waals surface area contributed by atoms with Crippen molar-refractivity contribution in [3.8, 4) is 0 Å². The normalized spacial score (nSPS) is 11.5. The van der Waals surface area contributed by atoms with Crippen molar-refractivity contribution < 1.29 is 13.3 Å². The molecule has 11 heteroatoms. The van der Waals surface area contributed by atoms with Crippen LogP contribution in [0.5, 0.6) is 0 Å². The number of sulfonamides is 1. The Morgan fingerprint density at radius 1 is 1.00 bits per heavy atom. The maximum Gasteiger partial charge on any atom is 0.295 e. The Morgan fingerprint density at radius 2 is 1.66 bits per heavy atom. The number of anilines is 2. The lowest BCUT2D eigenvalue weighted by molar-refractivity contribution is -0.384. The van der Waals surface area contributed by atoms with Gasteiger partial charge in [0.25, 0.3) is 15.7 Å². The van der Waals surface area contributed by atoms with Gasteiger partial charge < -0.3 is 0 Å². The first-order valence-corrected chi connectivity index (χ1v) is 11.4. The second-order valence-corrected chi connectivity index (χ2v) is 9.36. The Kier molecular flexibility index (Phi) is 7.02. The highest BCUT2D eigenvalue weighted by Gasteiger charge is 2.22. The molecule has 2 N–H and O–H groups in total. The minimum Gasteiger partial charge on any atom is -0.279 e. The number of nitro groups is 1. The monoisotopic (exact) mass is 492 g/mol. The molecule has 0 saturated carbocycles. The Bertz CT molecular complexity index is 1310. The van der Waals surface area contributed by atoms with Crippen molar-refractivity contribution in [2.24, 2.45) is 5.10 Å². The Hall–Kier alpha value is -3.14. The smallest absolute Gasteiger partial charge is 0.279 e. The highest BCUT2D eigenvalue weighted by Crippen LogP contribution is 2.29. The van der Waals surface area contributed by atoms with Gasteiger partial charge in [0.15, 0.2) is 0 Å². The molecule has 0 bridgehead atoms. The van der Waals surface area contributed by atoms with Gasteiger partial charge in [-0.15, -0.1) is 0 Å². The second kappa shape index (κ2) is 9.56. The van der Waals surface area contributed by atoms with Crippen LogP contribution < -0.4 is 10.1 Å². The molecule has 3 aromatic rings. The molecule has 0 unspecified atom stereocenters. The SMILES string of the molecule is Cc1ccc(NS(=O)(=O)c2ccc(NN=Cc3c(Cl)cccc3Cl)c([N+](=O)[O-])c2)c(C)c1. The van der Waals surface area contributed by atoms with Crippen LogP contribution in [-0.2, 0) is 10.0 Å². The van der Waals surface area contributed by atoms with E-state index in [-0.39, 0.29) is 10.6 Å². The Labute approximate surface area is 195 Å². The largest absolute Gasteiger partial charge is 0.295 e. The summed E-state index contributed by atoms with van der Waals surface area (Å²) in [5.74, 6) is 0. The third-order valence-corrected chi connectivity index (χ3v) is 6.50. The van der Waals surface area contributed by atoms with Gasteiger partial charge in [0, 0.05) is 11.6 Å².